The molecule has 0 aromatic heterocycles. The van der Waals surface area contributed by atoms with Crippen molar-refractivity contribution >= 4 is 5.97 Å². The molecule has 0 radical (unpaired) electrons. The maximum absolute atomic E-state index is 10.5. The Labute approximate surface area is 103 Å². The fourth-order valence-electron chi connectivity index (χ4n) is 2.68. The van der Waals surface area contributed by atoms with Crippen molar-refractivity contribution < 1.29 is 9.90 Å². The van der Waals surface area contributed by atoms with Crippen LogP contribution < -0.4 is 0 Å². The van der Waals surface area contributed by atoms with Gasteiger partial charge in [0.25, 0.3) is 0 Å². The van der Waals surface area contributed by atoms with E-state index in [9.17, 15) is 4.79 Å². The van der Waals surface area contributed by atoms with E-state index < -0.39 is 5.97 Å². The van der Waals surface area contributed by atoms with Crippen LogP contribution in [0.2, 0.25) is 0 Å². The smallest absolute Gasteiger partial charge is 0.303 e. The SMILES string of the molecule is CC1CCCc2ccc(CCCC(=O)O)cc21. The zero-order valence-electron chi connectivity index (χ0n) is 10.4. The summed E-state index contributed by atoms with van der Waals surface area (Å²) in [4.78, 5) is 10.5. The summed E-state index contributed by atoms with van der Waals surface area (Å²) in [5.41, 5.74) is 4.27. The van der Waals surface area contributed by atoms with E-state index in [-0.39, 0.29) is 6.42 Å². The van der Waals surface area contributed by atoms with E-state index in [0.717, 1.165) is 12.8 Å². The summed E-state index contributed by atoms with van der Waals surface area (Å²) in [5.74, 6) is -0.0329. The average molecular weight is 232 g/mol. The van der Waals surface area contributed by atoms with E-state index in [1.54, 1.807) is 0 Å². The standard InChI is InChI=1S/C15H20O2/c1-11-4-2-6-13-9-8-12(10-14(11)13)5-3-7-15(16)17/h8-11H,2-7H2,1H3,(H,16,17). The molecule has 0 amide bonds. The molecular weight excluding hydrogens is 212 g/mol. The Morgan fingerprint density at radius 1 is 1.47 bits per heavy atom. The molecule has 0 fully saturated rings. The Kier molecular flexibility index (Phi) is 3.82. The maximum Gasteiger partial charge on any atom is 0.303 e. The number of carboxylic acid groups (broad SMARTS) is 1. The van der Waals surface area contributed by atoms with Gasteiger partial charge in [0.1, 0.15) is 0 Å². The van der Waals surface area contributed by atoms with Gasteiger partial charge in [-0.1, -0.05) is 25.1 Å². The van der Waals surface area contributed by atoms with Gasteiger partial charge in [0.2, 0.25) is 0 Å². The minimum atomic E-state index is -0.698. The number of aliphatic carboxylic acids is 1. The molecule has 0 bridgehead atoms. The lowest BCUT2D eigenvalue weighted by molar-refractivity contribution is -0.137. The first kappa shape index (κ1) is 12.2. The Hall–Kier alpha value is -1.31. The third-order valence-corrected chi connectivity index (χ3v) is 3.68. The molecule has 2 heteroatoms. The average Bonchev–Trinajstić information content (AvgIpc) is 2.30. The molecule has 2 rings (SSSR count). The summed E-state index contributed by atoms with van der Waals surface area (Å²) in [7, 11) is 0. The number of carbonyl (C=O) groups is 1. The van der Waals surface area contributed by atoms with Gasteiger partial charge in [0, 0.05) is 6.42 Å². The van der Waals surface area contributed by atoms with Gasteiger partial charge in [-0.25, -0.2) is 0 Å². The summed E-state index contributed by atoms with van der Waals surface area (Å²) in [5, 5.41) is 8.63. The fraction of sp³-hybridized carbons (Fsp3) is 0.533. The molecule has 1 aliphatic carbocycles. The molecule has 1 aliphatic rings. The van der Waals surface area contributed by atoms with Gasteiger partial charge in [0.15, 0.2) is 0 Å². The minimum absolute atomic E-state index is 0.270. The van der Waals surface area contributed by atoms with Crippen molar-refractivity contribution in [3.63, 3.8) is 0 Å². The Morgan fingerprint density at radius 3 is 3.06 bits per heavy atom. The molecular formula is C15H20O2. The maximum atomic E-state index is 10.5. The topological polar surface area (TPSA) is 37.3 Å². The van der Waals surface area contributed by atoms with Crippen molar-refractivity contribution in [2.75, 3.05) is 0 Å². The molecule has 2 nitrogen and oxygen atoms in total. The lowest BCUT2D eigenvalue weighted by Gasteiger charge is -2.23. The first-order chi connectivity index (χ1) is 8.16. The molecule has 1 atom stereocenters. The van der Waals surface area contributed by atoms with Gasteiger partial charge in [-0.3, -0.25) is 4.79 Å². The van der Waals surface area contributed by atoms with E-state index in [0.29, 0.717) is 5.92 Å². The van der Waals surface area contributed by atoms with Gasteiger partial charge in [-0.2, -0.15) is 0 Å². The van der Waals surface area contributed by atoms with Gasteiger partial charge in [-0.05, 0) is 54.7 Å². The minimum Gasteiger partial charge on any atom is -0.481 e. The second-order valence-electron chi connectivity index (χ2n) is 5.07. The van der Waals surface area contributed by atoms with Crippen molar-refractivity contribution in [2.24, 2.45) is 0 Å². The molecule has 1 aromatic rings. The van der Waals surface area contributed by atoms with E-state index in [4.69, 9.17) is 5.11 Å². The van der Waals surface area contributed by atoms with Crippen LogP contribution in [0.15, 0.2) is 18.2 Å². The number of rotatable bonds is 4. The summed E-state index contributed by atoms with van der Waals surface area (Å²) >= 11 is 0. The second kappa shape index (κ2) is 5.35. The van der Waals surface area contributed by atoms with Crippen molar-refractivity contribution in [3.05, 3.63) is 34.9 Å². The van der Waals surface area contributed by atoms with E-state index in [1.807, 2.05) is 0 Å². The first-order valence-corrected chi connectivity index (χ1v) is 6.50. The fourth-order valence-corrected chi connectivity index (χ4v) is 2.68. The normalized spacial score (nSPS) is 18.8. The quantitative estimate of drug-likeness (QED) is 0.862. The number of aryl methyl sites for hydroxylation is 2. The first-order valence-electron chi connectivity index (χ1n) is 6.50. The lowest BCUT2D eigenvalue weighted by atomic mass is 9.83. The molecule has 0 heterocycles. The monoisotopic (exact) mass is 232 g/mol. The van der Waals surface area contributed by atoms with Crippen LogP contribution in [-0.4, -0.2) is 11.1 Å². The zero-order chi connectivity index (χ0) is 12.3. The number of hydrogen-bond donors (Lipinski definition) is 1. The Morgan fingerprint density at radius 2 is 2.29 bits per heavy atom. The lowest BCUT2D eigenvalue weighted by Crippen LogP contribution is -2.07. The summed E-state index contributed by atoms with van der Waals surface area (Å²) in [6, 6.07) is 6.70. The van der Waals surface area contributed by atoms with Gasteiger partial charge >= 0.3 is 5.97 Å². The molecule has 17 heavy (non-hydrogen) atoms. The van der Waals surface area contributed by atoms with Crippen LogP contribution in [-0.2, 0) is 17.6 Å². The van der Waals surface area contributed by atoms with Crippen LogP contribution in [0, 0.1) is 0 Å². The van der Waals surface area contributed by atoms with E-state index in [2.05, 4.69) is 25.1 Å². The van der Waals surface area contributed by atoms with Crippen LogP contribution in [0.5, 0.6) is 0 Å². The van der Waals surface area contributed by atoms with Crippen LogP contribution in [0.4, 0.5) is 0 Å². The Bertz CT molecular complexity index is 409. The van der Waals surface area contributed by atoms with Crippen molar-refractivity contribution in [2.45, 2.75) is 51.4 Å². The molecule has 0 saturated carbocycles. The highest BCUT2D eigenvalue weighted by Gasteiger charge is 2.16. The van der Waals surface area contributed by atoms with Crippen LogP contribution in [0.1, 0.15) is 55.2 Å². The molecule has 0 aliphatic heterocycles. The molecule has 1 unspecified atom stereocenters. The predicted octanol–water partition coefficient (Wildman–Crippen LogP) is 3.53. The van der Waals surface area contributed by atoms with E-state index in [1.165, 1.54) is 36.0 Å². The number of hydrogen-bond acceptors (Lipinski definition) is 1. The summed E-state index contributed by atoms with van der Waals surface area (Å²) < 4.78 is 0. The highest BCUT2D eigenvalue weighted by molar-refractivity contribution is 5.66. The number of benzene rings is 1. The summed E-state index contributed by atoms with van der Waals surface area (Å²) in [6.45, 7) is 2.29. The largest absolute Gasteiger partial charge is 0.481 e. The second-order valence-corrected chi connectivity index (χ2v) is 5.07. The zero-order valence-corrected chi connectivity index (χ0v) is 10.4. The number of carboxylic acids is 1. The molecule has 1 aromatic carbocycles. The van der Waals surface area contributed by atoms with Gasteiger partial charge in [0.05, 0.1) is 0 Å². The molecule has 92 valence electrons. The van der Waals surface area contributed by atoms with Crippen molar-refractivity contribution in [3.8, 4) is 0 Å². The summed E-state index contributed by atoms with van der Waals surface area (Å²) in [6.07, 6.45) is 5.68. The Balaban J connectivity index is 2.04. The molecule has 0 saturated heterocycles. The van der Waals surface area contributed by atoms with Crippen LogP contribution in [0.3, 0.4) is 0 Å². The van der Waals surface area contributed by atoms with Crippen LogP contribution >= 0.6 is 0 Å². The molecule has 0 spiro atoms. The highest BCUT2D eigenvalue weighted by atomic mass is 16.4. The van der Waals surface area contributed by atoms with Gasteiger partial charge < -0.3 is 5.11 Å². The molecule has 1 N–H and O–H groups in total. The highest BCUT2D eigenvalue weighted by Crippen LogP contribution is 2.31. The van der Waals surface area contributed by atoms with E-state index >= 15 is 0 Å². The third kappa shape index (κ3) is 3.09. The third-order valence-electron chi connectivity index (χ3n) is 3.68. The predicted molar refractivity (Wildman–Crippen MR) is 68.4 cm³/mol. The van der Waals surface area contributed by atoms with Crippen molar-refractivity contribution in [1.82, 2.24) is 0 Å². The van der Waals surface area contributed by atoms with Crippen LogP contribution in [0.25, 0.3) is 0 Å². The van der Waals surface area contributed by atoms with Gasteiger partial charge in [-0.15, -0.1) is 0 Å². The van der Waals surface area contributed by atoms with Crippen molar-refractivity contribution in [1.29, 1.82) is 0 Å². The number of fused-ring (bicyclic) bond motifs is 1.